The topological polar surface area (TPSA) is 29.3 Å². The normalized spacial score (nSPS) is 18.9. The number of benzene rings is 1. The summed E-state index contributed by atoms with van der Waals surface area (Å²) in [5.74, 6) is 0.546. The maximum Gasteiger partial charge on any atom is 0.0462 e. The lowest BCUT2D eigenvalue weighted by Gasteiger charge is -2.24. The highest BCUT2D eigenvalue weighted by Crippen LogP contribution is 2.43. The van der Waals surface area contributed by atoms with Crippen LogP contribution < -0.4 is 10.6 Å². The predicted molar refractivity (Wildman–Crippen MR) is 75.0 cm³/mol. The number of fused-ring (bicyclic) bond motifs is 1. The fourth-order valence-electron chi connectivity index (χ4n) is 2.70. The SMILES string of the molecule is CC(C)N1CC(CCCN)c2c(Cl)cccc21. The van der Waals surface area contributed by atoms with Crippen molar-refractivity contribution < 1.29 is 0 Å². The molecule has 0 bridgehead atoms. The van der Waals surface area contributed by atoms with Crippen LogP contribution in [0.15, 0.2) is 18.2 Å². The zero-order valence-electron chi connectivity index (χ0n) is 10.6. The molecule has 1 aromatic carbocycles. The van der Waals surface area contributed by atoms with Gasteiger partial charge in [-0.05, 0) is 50.9 Å². The van der Waals surface area contributed by atoms with Gasteiger partial charge in [-0.2, -0.15) is 0 Å². The number of nitrogens with two attached hydrogens (primary N) is 1. The van der Waals surface area contributed by atoms with Crippen LogP contribution in [0.3, 0.4) is 0 Å². The van der Waals surface area contributed by atoms with E-state index in [1.807, 2.05) is 12.1 Å². The van der Waals surface area contributed by atoms with E-state index in [-0.39, 0.29) is 0 Å². The molecule has 2 N–H and O–H groups in total. The second-order valence-corrected chi connectivity index (χ2v) is 5.45. The van der Waals surface area contributed by atoms with Gasteiger partial charge in [-0.15, -0.1) is 0 Å². The molecule has 0 saturated carbocycles. The van der Waals surface area contributed by atoms with E-state index in [4.69, 9.17) is 17.3 Å². The highest BCUT2D eigenvalue weighted by molar-refractivity contribution is 6.32. The molecule has 0 amide bonds. The van der Waals surface area contributed by atoms with E-state index in [0.29, 0.717) is 12.0 Å². The predicted octanol–water partition coefficient (Wildman–Crippen LogP) is 3.39. The summed E-state index contributed by atoms with van der Waals surface area (Å²) in [4.78, 5) is 2.45. The van der Waals surface area contributed by atoms with Crippen LogP contribution in [0.1, 0.15) is 38.2 Å². The fraction of sp³-hybridized carbons (Fsp3) is 0.571. The van der Waals surface area contributed by atoms with Gasteiger partial charge in [0.2, 0.25) is 0 Å². The molecule has 0 saturated heterocycles. The van der Waals surface area contributed by atoms with Crippen LogP contribution in [0.4, 0.5) is 5.69 Å². The molecule has 0 radical (unpaired) electrons. The second-order valence-electron chi connectivity index (χ2n) is 5.05. The maximum absolute atomic E-state index is 6.36. The van der Waals surface area contributed by atoms with E-state index >= 15 is 0 Å². The Labute approximate surface area is 109 Å². The Kier molecular flexibility index (Phi) is 3.95. The molecule has 94 valence electrons. The van der Waals surface area contributed by atoms with E-state index in [0.717, 1.165) is 31.0 Å². The molecule has 1 aromatic rings. The number of rotatable bonds is 4. The average molecular weight is 253 g/mol. The third kappa shape index (κ3) is 2.43. The highest BCUT2D eigenvalue weighted by Gasteiger charge is 2.31. The first-order valence-electron chi connectivity index (χ1n) is 6.40. The van der Waals surface area contributed by atoms with Gasteiger partial charge in [0, 0.05) is 29.2 Å². The van der Waals surface area contributed by atoms with Crippen LogP contribution in [0.25, 0.3) is 0 Å². The van der Waals surface area contributed by atoms with E-state index in [1.165, 1.54) is 11.3 Å². The van der Waals surface area contributed by atoms with E-state index in [2.05, 4.69) is 24.8 Å². The number of hydrogen-bond donors (Lipinski definition) is 1. The van der Waals surface area contributed by atoms with Crippen molar-refractivity contribution in [3.05, 3.63) is 28.8 Å². The highest BCUT2D eigenvalue weighted by atomic mass is 35.5. The van der Waals surface area contributed by atoms with Crippen molar-refractivity contribution in [3.63, 3.8) is 0 Å². The minimum atomic E-state index is 0.523. The molecule has 0 aromatic heterocycles. The Morgan fingerprint density at radius 2 is 2.24 bits per heavy atom. The summed E-state index contributed by atoms with van der Waals surface area (Å²) in [5.41, 5.74) is 8.26. The van der Waals surface area contributed by atoms with Gasteiger partial charge in [0.05, 0.1) is 0 Å². The summed E-state index contributed by atoms with van der Waals surface area (Å²) in [7, 11) is 0. The molecule has 0 fully saturated rings. The summed E-state index contributed by atoms with van der Waals surface area (Å²) < 4.78 is 0. The fourth-order valence-corrected chi connectivity index (χ4v) is 3.02. The molecule has 0 spiro atoms. The minimum Gasteiger partial charge on any atom is -0.368 e. The molecule has 1 heterocycles. The summed E-state index contributed by atoms with van der Waals surface area (Å²) in [6.07, 6.45) is 2.21. The average Bonchev–Trinajstić information content (AvgIpc) is 2.67. The van der Waals surface area contributed by atoms with Gasteiger partial charge >= 0.3 is 0 Å². The molecule has 1 aliphatic rings. The van der Waals surface area contributed by atoms with Crippen LogP contribution in [-0.2, 0) is 0 Å². The Balaban J connectivity index is 2.31. The van der Waals surface area contributed by atoms with Crippen molar-refractivity contribution >= 4 is 17.3 Å². The lowest BCUT2D eigenvalue weighted by atomic mass is 9.96. The Morgan fingerprint density at radius 3 is 2.88 bits per heavy atom. The van der Waals surface area contributed by atoms with Crippen molar-refractivity contribution in [1.29, 1.82) is 0 Å². The molecule has 1 unspecified atom stereocenters. The zero-order chi connectivity index (χ0) is 12.4. The van der Waals surface area contributed by atoms with Gasteiger partial charge in [0.15, 0.2) is 0 Å². The number of hydrogen-bond acceptors (Lipinski definition) is 2. The molecular weight excluding hydrogens is 232 g/mol. The molecular formula is C14H21ClN2. The van der Waals surface area contributed by atoms with Crippen LogP contribution in [-0.4, -0.2) is 19.1 Å². The molecule has 17 heavy (non-hydrogen) atoms. The van der Waals surface area contributed by atoms with Crippen molar-refractivity contribution in [1.82, 2.24) is 0 Å². The van der Waals surface area contributed by atoms with Gasteiger partial charge in [-0.1, -0.05) is 17.7 Å². The third-order valence-electron chi connectivity index (χ3n) is 3.54. The smallest absolute Gasteiger partial charge is 0.0462 e. The Bertz CT molecular complexity index is 390. The van der Waals surface area contributed by atoms with Crippen LogP contribution >= 0.6 is 11.6 Å². The molecule has 2 rings (SSSR count). The van der Waals surface area contributed by atoms with Crippen molar-refractivity contribution in [2.24, 2.45) is 5.73 Å². The molecule has 3 heteroatoms. The molecule has 0 aliphatic carbocycles. The minimum absolute atomic E-state index is 0.523. The Morgan fingerprint density at radius 1 is 1.47 bits per heavy atom. The number of halogens is 1. The van der Waals surface area contributed by atoms with Gasteiger partial charge in [-0.3, -0.25) is 0 Å². The van der Waals surface area contributed by atoms with Crippen LogP contribution in [0, 0.1) is 0 Å². The third-order valence-corrected chi connectivity index (χ3v) is 3.87. The zero-order valence-corrected chi connectivity index (χ0v) is 11.4. The van der Waals surface area contributed by atoms with E-state index in [9.17, 15) is 0 Å². The van der Waals surface area contributed by atoms with Gasteiger partial charge < -0.3 is 10.6 Å². The van der Waals surface area contributed by atoms with Crippen molar-refractivity contribution in [2.45, 2.75) is 38.6 Å². The first-order valence-corrected chi connectivity index (χ1v) is 6.78. The standard InChI is InChI=1S/C14H21ClN2/c1-10(2)17-9-11(5-4-8-16)14-12(15)6-3-7-13(14)17/h3,6-7,10-11H,4-5,8-9,16H2,1-2H3. The lowest BCUT2D eigenvalue weighted by Crippen LogP contribution is -2.29. The monoisotopic (exact) mass is 252 g/mol. The van der Waals surface area contributed by atoms with Gasteiger partial charge in [-0.25, -0.2) is 0 Å². The van der Waals surface area contributed by atoms with Crippen LogP contribution in [0.5, 0.6) is 0 Å². The first kappa shape index (κ1) is 12.7. The summed E-state index contributed by atoms with van der Waals surface area (Å²) >= 11 is 6.36. The van der Waals surface area contributed by atoms with Gasteiger partial charge in [0.1, 0.15) is 0 Å². The maximum atomic E-state index is 6.36. The van der Waals surface area contributed by atoms with E-state index < -0.39 is 0 Å². The second kappa shape index (κ2) is 5.28. The van der Waals surface area contributed by atoms with Crippen molar-refractivity contribution in [3.8, 4) is 0 Å². The quantitative estimate of drug-likeness (QED) is 0.890. The largest absolute Gasteiger partial charge is 0.368 e. The lowest BCUT2D eigenvalue weighted by molar-refractivity contribution is 0.588. The molecule has 2 nitrogen and oxygen atoms in total. The number of nitrogens with zero attached hydrogens (tertiary/aromatic N) is 1. The molecule has 1 atom stereocenters. The number of anilines is 1. The van der Waals surface area contributed by atoms with Crippen LogP contribution in [0.2, 0.25) is 5.02 Å². The molecule has 1 aliphatic heterocycles. The Hall–Kier alpha value is -0.730. The summed E-state index contributed by atoms with van der Waals surface area (Å²) in [6, 6.07) is 6.75. The first-order chi connectivity index (χ1) is 8.15. The van der Waals surface area contributed by atoms with Gasteiger partial charge in [0.25, 0.3) is 0 Å². The van der Waals surface area contributed by atoms with Crippen molar-refractivity contribution in [2.75, 3.05) is 18.0 Å². The van der Waals surface area contributed by atoms with E-state index in [1.54, 1.807) is 0 Å². The summed E-state index contributed by atoms with van der Waals surface area (Å²) in [5, 5.41) is 0.910. The summed E-state index contributed by atoms with van der Waals surface area (Å²) in [6.45, 7) is 6.31.